The number of aliphatic hydroxyl groups excluding tert-OH is 1. The lowest BCUT2D eigenvalue weighted by Crippen LogP contribution is -2.50. The lowest BCUT2D eigenvalue weighted by atomic mass is 9.94. The van der Waals surface area contributed by atoms with Crippen molar-refractivity contribution < 1.29 is 14.6 Å². The lowest BCUT2D eigenvalue weighted by Gasteiger charge is -2.30. The molecule has 5 heteroatoms. The van der Waals surface area contributed by atoms with Crippen molar-refractivity contribution in [3.63, 3.8) is 0 Å². The zero-order valence-corrected chi connectivity index (χ0v) is 13.6. The van der Waals surface area contributed by atoms with Gasteiger partial charge in [0.05, 0.1) is 25.2 Å². The van der Waals surface area contributed by atoms with Gasteiger partial charge in [-0.1, -0.05) is 35.8 Å². The van der Waals surface area contributed by atoms with Gasteiger partial charge in [-0.3, -0.25) is 4.79 Å². The Kier molecular flexibility index (Phi) is 7.02. The molecule has 0 bridgehead atoms. The number of ether oxygens (including phenoxy) is 1. The molecule has 0 aliphatic carbocycles. The molecule has 0 atom stereocenters. The third-order valence-electron chi connectivity index (χ3n) is 3.45. The molecule has 112 valence electrons. The maximum absolute atomic E-state index is 11.9. The second-order valence-electron chi connectivity index (χ2n) is 4.75. The maximum atomic E-state index is 11.9. The molecule has 0 spiro atoms. The molecule has 1 rings (SSSR count). The van der Waals surface area contributed by atoms with Gasteiger partial charge in [-0.25, -0.2) is 0 Å². The zero-order valence-electron chi connectivity index (χ0n) is 12.0. The highest BCUT2D eigenvalue weighted by atomic mass is 79.9. The number of halogens is 1. The zero-order chi connectivity index (χ0) is 15.0. The minimum atomic E-state index is -0.507. The van der Waals surface area contributed by atoms with Crippen LogP contribution in [0.15, 0.2) is 28.7 Å². The van der Waals surface area contributed by atoms with Gasteiger partial charge in [0.1, 0.15) is 5.75 Å². The Morgan fingerprint density at radius 2 is 2.10 bits per heavy atom. The SMILES string of the molecule is CCC(CC)(CO)NC(=O)CCOc1cccc(Br)c1. The van der Waals surface area contributed by atoms with Crippen LogP contribution in [0.5, 0.6) is 5.75 Å². The standard InChI is InChI=1S/C15H22BrNO3/c1-3-15(4-2,11-18)17-14(19)8-9-20-13-7-5-6-12(16)10-13/h5-7,10,18H,3-4,8-9,11H2,1-2H3,(H,17,19). The number of benzene rings is 1. The van der Waals surface area contributed by atoms with Gasteiger partial charge in [-0.15, -0.1) is 0 Å². The summed E-state index contributed by atoms with van der Waals surface area (Å²) in [5.74, 6) is 0.629. The number of rotatable bonds is 8. The summed E-state index contributed by atoms with van der Waals surface area (Å²) < 4.78 is 6.46. The van der Waals surface area contributed by atoms with Gasteiger partial charge in [0.2, 0.25) is 5.91 Å². The van der Waals surface area contributed by atoms with E-state index in [9.17, 15) is 9.90 Å². The van der Waals surface area contributed by atoms with Crippen LogP contribution in [0.25, 0.3) is 0 Å². The predicted molar refractivity (Wildman–Crippen MR) is 82.8 cm³/mol. The monoisotopic (exact) mass is 343 g/mol. The van der Waals surface area contributed by atoms with E-state index in [4.69, 9.17) is 4.74 Å². The summed E-state index contributed by atoms with van der Waals surface area (Å²) in [6.45, 7) is 4.19. The van der Waals surface area contributed by atoms with Crippen molar-refractivity contribution in [2.24, 2.45) is 0 Å². The summed E-state index contributed by atoms with van der Waals surface area (Å²) >= 11 is 3.36. The third-order valence-corrected chi connectivity index (χ3v) is 3.95. The largest absolute Gasteiger partial charge is 0.493 e. The minimum Gasteiger partial charge on any atom is -0.493 e. The number of amides is 1. The number of hydrogen-bond acceptors (Lipinski definition) is 3. The van der Waals surface area contributed by atoms with E-state index >= 15 is 0 Å². The summed E-state index contributed by atoms with van der Waals surface area (Å²) in [6, 6.07) is 7.49. The number of hydrogen-bond donors (Lipinski definition) is 2. The summed E-state index contributed by atoms with van der Waals surface area (Å²) in [5, 5.41) is 12.3. The molecule has 1 amide bonds. The van der Waals surface area contributed by atoms with E-state index in [2.05, 4.69) is 21.2 Å². The van der Waals surface area contributed by atoms with Crippen LogP contribution < -0.4 is 10.1 Å². The predicted octanol–water partition coefficient (Wildman–Crippen LogP) is 2.89. The number of carbonyl (C=O) groups excluding carboxylic acids is 1. The molecule has 1 aromatic rings. The third kappa shape index (κ3) is 5.13. The van der Waals surface area contributed by atoms with Gasteiger partial charge in [0, 0.05) is 4.47 Å². The van der Waals surface area contributed by atoms with Crippen LogP contribution in [0.2, 0.25) is 0 Å². The maximum Gasteiger partial charge on any atom is 0.223 e. The Labute approximate surface area is 128 Å². The Bertz CT molecular complexity index is 425. The first-order chi connectivity index (χ1) is 9.55. The molecule has 0 aromatic heterocycles. The summed E-state index contributed by atoms with van der Waals surface area (Å²) in [7, 11) is 0. The molecule has 0 unspecified atom stereocenters. The van der Waals surface area contributed by atoms with Crippen molar-refractivity contribution in [1.29, 1.82) is 0 Å². The van der Waals surface area contributed by atoms with Gasteiger partial charge < -0.3 is 15.2 Å². The van der Waals surface area contributed by atoms with Crippen molar-refractivity contribution in [1.82, 2.24) is 5.32 Å². The fraction of sp³-hybridized carbons (Fsp3) is 0.533. The highest BCUT2D eigenvalue weighted by Gasteiger charge is 2.26. The molecule has 0 aliphatic rings. The first-order valence-corrected chi connectivity index (χ1v) is 7.64. The van der Waals surface area contributed by atoms with Crippen molar-refractivity contribution in [3.05, 3.63) is 28.7 Å². The molecule has 0 heterocycles. The normalized spacial score (nSPS) is 11.2. The summed E-state index contributed by atoms with van der Waals surface area (Å²) in [4.78, 5) is 11.9. The van der Waals surface area contributed by atoms with E-state index in [1.807, 2.05) is 38.1 Å². The molecule has 0 saturated heterocycles. The minimum absolute atomic E-state index is 0.0434. The Hall–Kier alpha value is -1.07. The van der Waals surface area contributed by atoms with Crippen LogP contribution in [0.4, 0.5) is 0 Å². The first-order valence-electron chi connectivity index (χ1n) is 6.85. The van der Waals surface area contributed by atoms with Gasteiger partial charge >= 0.3 is 0 Å². The molecule has 0 radical (unpaired) electrons. The lowest BCUT2D eigenvalue weighted by molar-refractivity contribution is -0.124. The summed E-state index contributed by atoms with van der Waals surface area (Å²) in [6.07, 6.45) is 1.69. The second-order valence-corrected chi connectivity index (χ2v) is 5.67. The fourth-order valence-corrected chi connectivity index (χ4v) is 2.24. The van der Waals surface area contributed by atoms with E-state index in [-0.39, 0.29) is 18.9 Å². The molecular formula is C15H22BrNO3. The van der Waals surface area contributed by atoms with E-state index in [0.29, 0.717) is 19.4 Å². The average Bonchev–Trinajstić information content (AvgIpc) is 2.45. The molecule has 0 aliphatic heterocycles. The van der Waals surface area contributed by atoms with Crippen LogP contribution >= 0.6 is 15.9 Å². The molecule has 1 aromatic carbocycles. The van der Waals surface area contributed by atoms with Crippen LogP contribution in [-0.4, -0.2) is 29.8 Å². The number of aliphatic hydroxyl groups is 1. The first kappa shape index (κ1) is 17.0. The number of carbonyl (C=O) groups is 1. The van der Waals surface area contributed by atoms with Gasteiger partial charge in [0.15, 0.2) is 0 Å². The van der Waals surface area contributed by atoms with Gasteiger partial charge in [-0.2, -0.15) is 0 Å². The Morgan fingerprint density at radius 1 is 1.40 bits per heavy atom. The Balaban J connectivity index is 2.40. The molecule has 4 nitrogen and oxygen atoms in total. The molecule has 20 heavy (non-hydrogen) atoms. The average molecular weight is 344 g/mol. The van der Waals surface area contributed by atoms with Gasteiger partial charge in [0.25, 0.3) is 0 Å². The summed E-state index contributed by atoms with van der Waals surface area (Å²) in [5.41, 5.74) is -0.507. The van der Waals surface area contributed by atoms with Crippen LogP contribution in [-0.2, 0) is 4.79 Å². The van der Waals surface area contributed by atoms with Crippen molar-refractivity contribution in [2.75, 3.05) is 13.2 Å². The number of nitrogens with one attached hydrogen (secondary N) is 1. The van der Waals surface area contributed by atoms with E-state index < -0.39 is 5.54 Å². The quantitative estimate of drug-likeness (QED) is 0.762. The molecule has 2 N–H and O–H groups in total. The smallest absolute Gasteiger partial charge is 0.223 e. The van der Waals surface area contributed by atoms with Crippen LogP contribution in [0, 0.1) is 0 Å². The Morgan fingerprint density at radius 3 is 2.65 bits per heavy atom. The van der Waals surface area contributed by atoms with E-state index in [0.717, 1.165) is 10.2 Å². The van der Waals surface area contributed by atoms with Gasteiger partial charge in [-0.05, 0) is 31.0 Å². The topological polar surface area (TPSA) is 58.6 Å². The van der Waals surface area contributed by atoms with Crippen molar-refractivity contribution in [2.45, 2.75) is 38.6 Å². The van der Waals surface area contributed by atoms with Crippen LogP contribution in [0.3, 0.4) is 0 Å². The van der Waals surface area contributed by atoms with Crippen LogP contribution in [0.1, 0.15) is 33.1 Å². The second kappa shape index (κ2) is 8.27. The molecular weight excluding hydrogens is 322 g/mol. The van der Waals surface area contributed by atoms with E-state index in [1.165, 1.54) is 0 Å². The molecule has 0 saturated carbocycles. The van der Waals surface area contributed by atoms with Crippen molar-refractivity contribution in [3.8, 4) is 5.75 Å². The molecule has 0 fully saturated rings. The van der Waals surface area contributed by atoms with E-state index in [1.54, 1.807) is 0 Å². The van der Waals surface area contributed by atoms with Crippen molar-refractivity contribution >= 4 is 21.8 Å². The highest BCUT2D eigenvalue weighted by molar-refractivity contribution is 9.10. The fourth-order valence-electron chi connectivity index (χ4n) is 1.87. The highest BCUT2D eigenvalue weighted by Crippen LogP contribution is 2.18.